The molecule has 334 valence electrons. The largest absolute Gasteiger partial charge is 0.465 e. The number of hydrogen-bond acceptors (Lipinski definition) is 8. The van der Waals surface area contributed by atoms with E-state index < -0.39 is 0 Å². The molecule has 6 nitrogen and oxygen atoms in total. The van der Waals surface area contributed by atoms with E-state index in [1.165, 1.54) is 36.2 Å². The van der Waals surface area contributed by atoms with Crippen LogP contribution in [0.1, 0.15) is 95.7 Å². The van der Waals surface area contributed by atoms with Crippen LogP contribution in [-0.4, -0.2) is 33.3 Å². The van der Waals surface area contributed by atoms with Gasteiger partial charge in [0.15, 0.2) is 5.12 Å². The minimum Gasteiger partial charge on any atom is -0.465 e. The lowest BCUT2D eigenvalue weighted by atomic mass is 9.98. The van der Waals surface area contributed by atoms with Crippen molar-refractivity contribution in [3.63, 3.8) is 0 Å². The highest BCUT2D eigenvalue weighted by Crippen LogP contribution is 2.40. The number of aryl methyl sites for hydroxylation is 2. The minimum absolute atomic E-state index is 0.0394. The van der Waals surface area contributed by atoms with Gasteiger partial charge in [-0.05, 0) is 114 Å². The Hall–Kier alpha value is -6.29. The van der Waals surface area contributed by atoms with Crippen LogP contribution in [0.5, 0.6) is 0 Å². The number of benzene rings is 6. The molecule has 67 heavy (non-hydrogen) atoms. The molecule has 3 heterocycles. The summed E-state index contributed by atoms with van der Waals surface area (Å²) >= 11 is 15.0. The molecule has 9 rings (SSSR count). The van der Waals surface area contributed by atoms with E-state index >= 15 is 0 Å². The number of esters is 1. The number of rotatable bonds is 11. The first kappa shape index (κ1) is 47.2. The van der Waals surface area contributed by atoms with Crippen LogP contribution in [0, 0.1) is 0 Å². The molecule has 8 aromatic rings. The molecule has 0 saturated heterocycles. The Bertz CT molecular complexity index is 3170. The Kier molecular flexibility index (Phi) is 15.8. The second-order valence-corrected chi connectivity index (χ2v) is 19.5. The van der Waals surface area contributed by atoms with Crippen molar-refractivity contribution >= 4 is 109 Å². The number of nitrogens with zero attached hydrogens (tertiary/aromatic N) is 2. The standard InChI is InChI=1S/C30H26ClNO3S.C27H20ClNOS/c1-20(33)36-29(17-13-22-7-3-4-9-27(22)30(34)35-2)24-8-5-6-21(18-24)10-15-26-16-12-23-11-14-25(31)19-28(23)32-26;28-22-12-9-20-10-14-23(29-25(20)17-22)13-8-18-4-3-6-21(16-18)26-15-11-19-5-1-2-7-24(19)27(30)31-26/h3-12,14-16,18-19,29H,13,17H2,1-2H3;1-10,12-14,16-17,26H,11,15H2/b15-10+;13-8+/t29-;26-/m11/s1. The topological polar surface area (TPSA) is 86.2 Å². The maximum atomic E-state index is 12.7. The van der Waals surface area contributed by atoms with E-state index in [1.807, 2.05) is 127 Å². The van der Waals surface area contributed by atoms with Crippen LogP contribution in [0.15, 0.2) is 158 Å². The smallest absolute Gasteiger partial charge is 0.338 e. The van der Waals surface area contributed by atoms with Crippen molar-refractivity contribution in [2.45, 2.75) is 43.1 Å². The van der Waals surface area contributed by atoms with Gasteiger partial charge >= 0.3 is 5.97 Å². The van der Waals surface area contributed by atoms with Crippen molar-refractivity contribution in [1.29, 1.82) is 0 Å². The second-order valence-electron chi connectivity index (χ2n) is 16.0. The molecule has 0 unspecified atom stereocenters. The third-order valence-corrected chi connectivity index (χ3v) is 14.2. The normalized spacial score (nSPS) is 14.1. The Morgan fingerprint density at radius 2 is 1.33 bits per heavy atom. The molecule has 0 spiro atoms. The number of pyridine rings is 2. The van der Waals surface area contributed by atoms with Gasteiger partial charge in [-0.3, -0.25) is 9.59 Å². The zero-order valence-corrected chi connectivity index (χ0v) is 40.0. The number of halogens is 2. The third-order valence-electron chi connectivity index (χ3n) is 11.4. The summed E-state index contributed by atoms with van der Waals surface area (Å²) in [5.41, 5.74) is 11.3. The van der Waals surface area contributed by atoms with Crippen molar-refractivity contribution in [2.75, 3.05) is 7.11 Å². The molecule has 2 aromatic heterocycles. The lowest BCUT2D eigenvalue weighted by Gasteiger charge is -2.17. The van der Waals surface area contributed by atoms with Crippen molar-refractivity contribution in [2.24, 2.45) is 0 Å². The van der Waals surface area contributed by atoms with E-state index in [2.05, 4.69) is 58.5 Å². The van der Waals surface area contributed by atoms with Crippen LogP contribution in [0.2, 0.25) is 10.0 Å². The molecule has 10 heteroatoms. The number of carbonyl (C=O) groups excluding carboxylic acids is 3. The maximum Gasteiger partial charge on any atom is 0.338 e. The first-order valence-electron chi connectivity index (χ1n) is 21.9. The molecule has 1 aliphatic heterocycles. The molecule has 1 aliphatic rings. The van der Waals surface area contributed by atoms with E-state index in [0.29, 0.717) is 28.5 Å². The van der Waals surface area contributed by atoms with Gasteiger partial charge in [-0.15, -0.1) is 0 Å². The number of carbonyl (C=O) groups is 3. The lowest BCUT2D eigenvalue weighted by molar-refractivity contribution is -0.109. The highest BCUT2D eigenvalue weighted by atomic mass is 35.5. The Labute approximate surface area is 409 Å². The molecule has 0 bridgehead atoms. The molecule has 0 N–H and O–H groups in total. The van der Waals surface area contributed by atoms with E-state index in [-0.39, 0.29) is 26.7 Å². The number of thioether (sulfide) groups is 2. The van der Waals surface area contributed by atoms with Gasteiger partial charge in [-0.1, -0.05) is 174 Å². The van der Waals surface area contributed by atoms with Crippen LogP contribution in [-0.2, 0) is 22.4 Å². The summed E-state index contributed by atoms with van der Waals surface area (Å²) in [6, 6.07) is 51.5. The fourth-order valence-electron chi connectivity index (χ4n) is 8.03. The van der Waals surface area contributed by atoms with E-state index in [9.17, 15) is 14.4 Å². The number of aromatic nitrogens is 2. The predicted octanol–water partition coefficient (Wildman–Crippen LogP) is 15.4. The second kappa shape index (κ2) is 22.5. The van der Waals surface area contributed by atoms with E-state index in [0.717, 1.165) is 79.4 Å². The third kappa shape index (κ3) is 12.6. The quantitative estimate of drug-likeness (QED) is 0.119. The summed E-state index contributed by atoms with van der Waals surface area (Å²) in [7, 11) is 1.38. The van der Waals surface area contributed by atoms with E-state index in [1.54, 1.807) is 13.0 Å². The van der Waals surface area contributed by atoms with Crippen LogP contribution >= 0.6 is 46.7 Å². The molecule has 2 atom stereocenters. The fraction of sp³-hybridized carbons (Fsp3) is 0.140. The van der Waals surface area contributed by atoms with Gasteiger partial charge in [0.05, 0.1) is 35.1 Å². The van der Waals surface area contributed by atoms with E-state index in [4.69, 9.17) is 27.9 Å². The summed E-state index contributed by atoms with van der Waals surface area (Å²) in [4.78, 5) is 46.3. The van der Waals surface area contributed by atoms with Gasteiger partial charge in [0.25, 0.3) is 0 Å². The van der Waals surface area contributed by atoms with Crippen LogP contribution in [0.4, 0.5) is 0 Å². The van der Waals surface area contributed by atoms with Crippen LogP contribution < -0.4 is 0 Å². The van der Waals surface area contributed by atoms with Crippen LogP contribution in [0.25, 0.3) is 46.1 Å². The molecular formula is C57H46Cl2N2O4S2. The van der Waals surface area contributed by atoms with Crippen molar-refractivity contribution in [3.05, 3.63) is 224 Å². The van der Waals surface area contributed by atoms with Crippen LogP contribution in [0.3, 0.4) is 0 Å². The monoisotopic (exact) mass is 956 g/mol. The first-order chi connectivity index (χ1) is 32.6. The SMILES string of the molecule is COC(=O)c1ccccc1CC[C@@H](SC(C)=O)c1cccc(/C=C/c2ccc3ccc(Cl)cc3n2)c1.O=C1S[C@@H](c2cccc(/C=C/c3ccc4ccc(Cl)cc4n3)c2)CCc2ccccc21. The van der Waals surface area contributed by atoms with Gasteiger partial charge in [0.1, 0.15) is 0 Å². The average molecular weight is 958 g/mol. The lowest BCUT2D eigenvalue weighted by Crippen LogP contribution is -2.07. The average Bonchev–Trinajstić information content (AvgIpc) is 3.52. The summed E-state index contributed by atoms with van der Waals surface area (Å²) in [5.74, 6) is -0.349. The van der Waals surface area contributed by atoms with Gasteiger partial charge in [0.2, 0.25) is 5.12 Å². The van der Waals surface area contributed by atoms with Gasteiger partial charge in [-0.2, -0.15) is 0 Å². The number of fused-ring (bicyclic) bond motifs is 3. The molecule has 0 saturated carbocycles. The Morgan fingerprint density at radius 3 is 2.00 bits per heavy atom. The Balaban J connectivity index is 0.000000183. The fourth-order valence-corrected chi connectivity index (χ4v) is 10.4. The molecule has 6 aromatic carbocycles. The number of methoxy groups -OCH3 is 1. The highest BCUT2D eigenvalue weighted by molar-refractivity contribution is 8.14. The van der Waals surface area contributed by atoms with Gasteiger partial charge < -0.3 is 4.74 Å². The molecule has 0 amide bonds. The summed E-state index contributed by atoms with van der Waals surface area (Å²) in [5, 5.41) is 3.80. The first-order valence-corrected chi connectivity index (χ1v) is 24.4. The molecular weight excluding hydrogens is 912 g/mol. The Morgan fingerprint density at radius 1 is 0.716 bits per heavy atom. The molecule has 0 fully saturated rings. The van der Waals surface area contributed by atoms with Crippen molar-refractivity contribution in [3.8, 4) is 0 Å². The maximum absolute atomic E-state index is 12.7. The zero-order valence-electron chi connectivity index (χ0n) is 36.9. The predicted molar refractivity (Wildman–Crippen MR) is 281 cm³/mol. The van der Waals surface area contributed by atoms with Crippen molar-refractivity contribution in [1.82, 2.24) is 9.97 Å². The van der Waals surface area contributed by atoms with Crippen molar-refractivity contribution < 1.29 is 19.1 Å². The summed E-state index contributed by atoms with van der Waals surface area (Å²) in [6.45, 7) is 1.58. The summed E-state index contributed by atoms with van der Waals surface area (Å²) in [6.07, 6.45) is 11.3. The number of hydrogen-bond donors (Lipinski definition) is 0. The molecule has 0 aliphatic carbocycles. The number of ether oxygens (including phenoxy) is 1. The van der Waals surface area contributed by atoms with Gasteiger partial charge in [0, 0.05) is 43.8 Å². The van der Waals surface area contributed by atoms with Gasteiger partial charge in [-0.25, -0.2) is 14.8 Å². The minimum atomic E-state index is -0.349. The molecule has 0 radical (unpaired) electrons. The summed E-state index contributed by atoms with van der Waals surface area (Å²) < 4.78 is 4.92. The highest BCUT2D eigenvalue weighted by Gasteiger charge is 2.24. The zero-order chi connectivity index (χ0) is 46.7.